The van der Waals surface area contributed by atoms with Gasteiger partial charge in [-0.15, -0.1) is 0 Å². The highest BCUT2D eigenvalue weighted by molar-refractivity contribution is 9.10. The molecule has 7 heteroatoms. The molecule has 0 aliphatic carbocycles. The summed E-state index contributed by atoms with van der Waals surface area (Å²) in [4.78, 5) is 3.99. The third-order valence-corrected chi connectivity index (χ3v) is 4.34. The highest BCUT2D eigenvalue weighted by atomic mass is 79.9. The number of ether oxygens (including phenoxy) is 1. The highest BCUT2D eigenvalue weighted by Gasteiger charge is 2.20. The van der Waals surface area contributed by atoms with Crippen LogP contribution in [-0.2, 0) is 14.8 Å². The Morgan fingerprint density at radius 3 is 3.00 bits per heavy atom. The number of rotatable bonds is 4. The van der Waals surface area contributed by atoms with E-state index in [0.717, 1.165) is 12.8 Å². The molecule has 0 spiro atoms. The Balaban J connectivity index is 2.03. The minimum atomic E-state index is -3.49. The van der Waals surface area contributed by atoms with Gasteiger partial charge in [0.1, 0.15) is 4.90 Å². The van der Waals surface area contributed by atoms with E-state index in [0.29, 0.717) is 17.6 Å². The van der Waals surface area contributed by atoms with Crippen molar-refractivity contribution in [2.75, 3.05) is 13.2 Å². The van der Waals surface area contributed by atoms with Crippen molar-refractivity contribution in [3.63, 3.8) is 0 Å². The van der Waals surface area contributed by atoms with Crippen LogP contribution in [0.15, 0.2) is 27.8 Å². The van der Waals surface area contributed by atoms with Crippen LogP contribution in [0, 0.1) is 0 Å². The molecule has 5 nitrogen and oxygen atoms in total. The molecule has 1 fully saturated rings. The van der Waals surface area contributed by atoms with E-state index in [9.17, 15) is 8.42 Å². The average molecular weight is 321 g/mol. The van der Waals surface area contributed by atoms with Crippen LogP contribution in [-0.4, -0.2) is 32.7 Å². The summed E-state index contributed by atoms with van der Waals surface area (Å²) in [5.41, 5.74) is 0. The van der Waals surface area contributed by atoms with E-state index in [1.165, 1.54) is 12.3 Å². The molecule has 1 N–H and O–H groups in total. The molecule has 0 radical (unpaired) electrons. The quantitative estimate of drug-likeness (QED) is 0.908. The van der Waals surface area contributed by atoms with Crippen LogP contribution in [0.5, 0.6) is 0 Å². The van der Waals surface area contributed by atoms with Crippen molar-refractivity contribution < 1.29 is 13.2 Å². The maximum atomic E-state index is 11.9. The number of aromatic nitrogens is 1. The fourth-order valence-electron chi connectivity index (χ4n) is 1.63. The molecule has 1 unspecified atom stereocenters. The lowest BCUT2D eigenvalue weighted by atomic mass is 10.2. The summed E-state index contributed by atoms with van der Waals surface area (Å²) >= 11 is 3.19. The first-order valence-corrected chi connectivity index (χ1v) is 7.57. The van der Waals surface area contributed by atoms with Crippen molar-refractivity contribution >= 4 is 26.0 Å². The Morgan fingerprint density at radius 2 is 2.35 bits per heavy atom. The fourth-order valence-corrected chi connectivity index (χ4v) is 3.20. The second-order valence-electron chi connectivity index (χ2n) is 3.83. The number of halogens is 1. The smallest absolute Gasteiger partial charge is 0.242 e. The van der Waals surface area contributed by atoms with Crippen molar-refractivity contribution in [2.24, 2.45) is 0 Å². The first-order chi connectivity index (χ1) is 8.08. The molecule has 94 valence electrons. The molecule has 1 aromatic rings. The summed E-state index contributed by atoms with van der Waals surface area (Å²) in [5, 5.41) is 0. The van der Waals surface area contributed by atoms with Crippen molar-refractivity contribution in [3.8, 4) is 0 Å². The lowest BCUT2D eigenvalue weighted by molar-refractivity contribution is 0.114. The third-order valence-electron chi connectivity index (χ3n) is 2.52. The molecule has 0 saturated carbocycles. The first kappa shape index (κ1) is 12.9. The monoisotopic (exact) mass is 320 g/mol. The van der Waals surface area contributed by atoms with E-state index in [1.807, 2.05) is 0 Å². The van der Waals surface area contributed by atoms with E-state index in [2.05, 4.69) is 25.6 Å². The molecular formula is C10H13BrN2O3S. The van der Waals surface area contributed by atoms with Crippen LogP contribution in [0.2, 0.25) is 0 Å². The number of hydrogen-bond acceptors (Lipinski definition) is 4. The third kappa shape index (κ3) is 3.48. The van der Waals surface area contributed by atoms with Gasteiger partial charge in [0.25, 0.3) is 0 Å². The minimum Gasteiger partial charge on any atom is -0.377 e. The summed E-state index contributed by atoms with van der Waals surface area (Å²) < 4.78 is 32.4. The van der Waals surface area contributed by atoms with Crippen molar-refractivity contribution in [1.29, 1.82) is 0 Å². The van der Waals surface area contributed by atoms with Crippen LogP contribution in [0.3, 0.4) is 0 Å². The normalized spacial score (nSPS) is 20.6. The summed E-state index contributed by atoms with van der Waals surface area (Å²) in [6.45, 7) is 1.03. The number of sulfonamides is 1. The maximum absolute atomic E-state index is 11.9. The zero-order valence-corrected chi connectivity index (χ0v) is 11.5. The molecule has 1 aromatic heterocycles. The second-order valence-corrected chi connectivity index (χ2v) is 6.51. The summed E-state index contributed by atoms with van der Waals surface area (Å²) in [5.74, 6) is 0. The zero-order chi connectivity index (χ0) is 12.3. The lowest BCUT2D eigenvalue weighted by Crippen LogP contribution is -2.31. The van der Waals surface area contributed by atoms with Crippen LogP contribution >= 0.6 is 15.9 Å². The molecule has 0 aromatic carbocycles. The SMILES string of the molecule is O=S(=O)(NCC1CCCO1)c1cncc(Br)c1. The molecule has 17 heavy (non-hydrogen) atoms. The Bertz CT molecular complexity index is 486. The summed E-state index contributed by atoms with van der Waals surface area (Å²) in [6, 6.07) is 1.52. The lowest BCUT2D eigenvalue weighted by Gasteiger charge is -2.11. The summed E-state index contributed by atoms with van der Waals surface area (Å²) in [7, 11) is -3.49. The Kier molecular flexibility index (Phi) is 4.13. The van der Waals surface area contributed by atoms with Gasteiger partial charge < -0.3 is 4.74 Å². The predicted octanol–water partition coefficient (Wildman–Crippen LogP) is 1.30. The Hall–Kier alpha value is -0.500. The van der Waals surface area contributed by atoms with Gasteiger partial charge in [0.05, 0.1) is 6.10 Å². The average Bonchev–Trinajstić information content (AvgIpc) is 2.79. The number of pyridine rings is 1. The Morgan fingerprint density at radius 1 is 1.53 bits per heavy atom. The Labute approximate surface area is 109 Å². The molecule has 1 aliphatic rings. The molecule has 2 rings (SSSR count). The van der Waals surface area contributed by atoms with Crippen molar-refractivity contribution in [3.05, 3.63) is 22.9 Å². The zero-order valence-electron chi connectivity index (χ0n) is 9.10. The van der Waals surface area contributed by atoms with Gasteiger partial charge in [-0.05, 0) is 34.8 Å². The van der Waals surface area contributed by atoms with Gasteiger partial charge in [0.2, 0.25) is 10.0 Å². The standard InChI is InChI=1S/C10H13BrN2O3S/c11-8-4-10(7-12-5-8)17(14,15)13-6-9-2-1-3-16-9/h4-5,7,9,13H,1-3,6H2. The van der Waals surface area contributed by atoms with Gasteiger partial charge in [0, 0.05) is 30.0 Å². The topological polar surface area (TPSA) is 68.3 Å². The maximum Gasteiger partial charge on any atom is 0.242 e. The molecule has 1 atom stereocenters. The van der Waals surface area contributed by atoms with Gasteiger partial charge >= 0.3 is 0 Å². The van der Waals surface area contributed by atoms with E-state index in [1.54, 1.807) is 6.20 Å². The summed E-state index contributed by atoms with van der Waals surface area (Å²) in [6.07, 6.45) is 4.75. The van der Waals surface area contributed by atoms with Crippen LogP contribution in [0.1, 0.15) is 12.8 Å². The molecule has 1 aliphatic heterocycles. The number of nitrogens with zero attached hydrogens (tertiary/aromatic N) is 1. The van der Waals surface area contributed by atoms with Gasteiger partial charge in [-0.1, -0.05) is 0 Å². The van der Waals surface area contributed by atoms with Gasteiger partial charge in [0.15, 0.2) is 0 Å². The second kappa shape index (κ2) is 5.43. The molecular weight excluding hydrogens is 308 g/mol. The van der Waals surface area contributed by atoms with Crippen LogP contribution in [0.4, 0.5) is 0 Å². The van der Waals surface area contributed by atoms with Crippen LogP contribution in [0.25, 0.3) is 0 Å². The highest BCUT2D eigenvalue weighted by Crippen LogP contribution is 2.15. The molecule has 2 heterocycles. The van der Waals surface area contributed by atoms with Gasteiger partial charge in [-0.2, -0.15) is 0 Å². The largest absolute Gasteiger partial charge is 0.377 e. The fraction of sp³-hybridized carbons (Fsp3) is 0.500. The predicted molar refractivity (Wildman–Crippen MR) is 66.1 cm³/mol. The van der Waals surface area contributed by atoms with E-state index >= 15 is 0 Å². The number of nitrogens with one attached hydrogen (secondary N) is 1. The number of hydrogen-bond donors (Lipinski definition) is 1. The molecule has 0 amide bonds. The van der Waals surface area contributed by atoms with Gasteiger partial charge in [-0.3, -0.25) is 4.98 Å². The van der Waals surface area contributed by atoms with E-state index in [4.69, 9.17) is 4.74 Å². The molecule has 0 bridgehead atoms. The van der Waals surface area contributed by atoms with Gasteiger partial charge in [-0.25, -0.2) is 13.1 Å². The van der Waals surface area contributed by atoms with Crippen molar-refractivity contribution in [2.45, 2.75) is 23.8 Å². The van der Waals surface area contributed by atoms with Crippen molar-refractivity contribution in [1.82, 2.24) is 9.71 Å². The van der Waals surface area contributed by atoms with Crippen LogP contribution < -0.4 is 4.72 Å². The molecule has 1 saturated heterocycles. The first-order valence-electron chi connectivity index (χ1n) is 5.30. The van der Waals surface area contributed by atoms with E-state index in [-0.39, 0.29) is 11.0 Å². The minimum absolute atomic E-state index is 0.00936. The van der Waals surface area contributed by atoms with E-state index < -0.39 is 10.0 Å².